The number of halogens is 1. The summed E-state index contributed by atoms with van der Waals surface area (Å²) in [5, 5.41) is 6.06. The molecule has 1 N–H and O–H groups in total. The van der Waals surface area contributed by atoms with Crippen LogP contribution < -0.4 is 26.0 Å². The summed E-state index contributed by atoms with van der Waals surface area (Å²) in [5.41, 5.74) is 0. The van der Waals surface area contributed by atoms with Crippen LogP contribution in [-0.2, 0) is 9.59 Å². The van der Waals surface area contributed by atoms with Gasteiger partial charge in [-0.15, -0.1) is 0 Å². The first-order valence-electron chi connectivity index (χ1n) is 9.21. The Morgan fingerprint density at radius 3 is 1.97 bits per heavy atom. The predicted octanol–water partition coefficient (Wildman–Crippen LogP) is 3.29. The summed E-state index contributed by atoms with van der Waals surface area (Å²) < 4.78 is 6.08. The zero-order chi connectivity index (χ0) is 20.5. The molecule has 0 aliphatic heterocycles. The lowest BCUT2D eigenvalue weighted by molar-refractivity contribution is -0.134. The van der Waals surface area contributed by atoms with Gasteiger partial charge in [-0.05, 0) is 24.6 Å². The fourth-order valence-electron chi connectivity index (χ4n) is 2.83. The summed E-state index contributed by atoms with van der Waals surface area (Å²) in [7, 11) is -0.871. The minimum atomic E-state index is -0.871. The quantitative estimate of drug-likeness (QED) is 0.164. The Kier molecular flexibility index (Phi) is 8.20. The molecule has 0 saturated carbocycles. The molecule has 1 amide bonds. The molecule has 6 heteroatoms. The van der Waals surface area contributed by atoms with E-state index in [4.69, 9.17) is 4.74 Å². The first-order chi connectivity index (χ1) is 14.2. The highest BCUT2D eigenvalue weighted by Crippen LogP contribution is 2.36. The van der Waals surface area contributed by atoms with E-state index in [2.05, 4.69) is 29.6 Å². The highest BCUT2D eigenvalue weighted by molar-refractivity contribution is 14.1. The van der Waals surface area contributed by atoms with E-state index in [-0.39, 0.29) is 24.8 Å². The summed E-state index contributed by atoms with van der Waals surface area (Å²) >= 11 is 1.99. The molecule has 0 aromatic heterocycles. The average molecular weight is 517 g/mol. The number of carbonyl (C=O) groups excluding carboxylic acids is 2. The molecule has 0 spiro atoms. The van der Waals surface area contributed by atoms with Crippen molar-refractivity contribution in [3.05, 3.63) is 84.9 Å². The molecule has 4 nitrogen and oxygen atoms in total. The Bertz CT molecular complexity index is 911. The van der Waals surface area contributed by atoms with Crippen LogP contribution in [0, 0.1) is 0 Å². The van der Waals surface area contributed by atoms with Crippen molar-refractivity contribution < 1.29 is 14.3 Å². The Morgan fingerprint density at radius 1 is 0.828 bits per heavy atom. The summed E-state index contributed by atoms with van der Waals surface area (Å²) in [4.78, 5) is 23.7. The van der Waals surface area contributed by atoms with Crippen molar-refractivity contribution in [2.75, 3.05) is 11.0 Å². The van der Waals surface area contributed by atoms with Gasteiger partial charge in [0.2, 0.25) is 5.91 Å². The number of ether oxygens (including phenoxy) is 1. The highest BCUT2D eigenvalue weighted by atomic mass is 127. The standard InChI is InChI=1S/C23H21INO3P/c24-17-22(26)25-16-15-23(27)28-20-13-7-8-14-21(20)29(18-9-3-1-4-10-18)19-11-5-2-6-12-19/h1-14H,15-17H2,(H,25,26). The van der Waals surface area contributed by atoms with Gasteiger partial charge in [0.05, 0.1) is 10.8 Å². The molecule has 0 atom stereocenters. The average Bonchev–Trinajstić information content (AvgIpc) is 2.76. The molecule has 3 aromatic rings. The van der Waals surface area contributed by atoms with Crippen molar-refractivity contribution in [2.45, 2.75) is 6.42 Å². The van der Waals surface area contributed by atoms with E-state index in [0.29, 0.717) is 10.2 Å². The maximum absolute atomic E-state index is 12.4. The number of nitrogens with one attached hydrogen (secondary N) is 1. The van der Waals surface area contributed by atoms with Gasteiger partial charge in [-0.3, -0.25) is 9.59 Å². The van der Waals surface area contributed by atoms with Crippen molar-refractivity contribution in [1.29, 1.82) is 0 Å². The van der Waals surface area contributed by atoms with Crippen LogP contribution in [-0.4, -0.2) is 22.8 Å². The number of benzene rings is 3. The van der Waals surface area contributed by atoms with Gasteiger partial charge >= 0.3 is 5.97 Å². The third-order valence-electron chi connectivity index (χ3n) is 4.13. The summed E-state index contributed by atoms with van der Waals surface area (Å²) in [5.74, 6) is 0.120. The maximum atomic E-state index is 12.4. The molecule has 0 aliphatic carbocycles. The lowest BCUT2D eigenvalue weighted by Crippen LogP contribution is -2.28. The van der Waals surface area contributed by atoms with Gasteiger partial charge in [0.15, 0.2) is 0 Å². The second-order valence-corrected chi connectivity index (χ2v) is 9.13. The smallest absolute Gasteiger partial charge is 0.312 e. The Balaban J connectivity index is 1.87. The highest BCUT2D eigenvalue weighted by Gasteiger charge is 2.21. The number of amides is 1. The molecular formula is C23H21INO3P. The summed E-state index contributed by atoms with van der Waals surface area (Å²) in [6.45, 7) is 0.273. The molecule has 0 unspecified atom stereocenters. The summed E-state index contributed by atoms with van der Waals surface area (Å²) in [6.07, 6.45) is 0.130. The van der Waals surface area contributed by atoms with Gasteiger partial charge < -0.3 is 10.1 Å². The number of hydrogen-bond acceptors (Lipinski definition) is 3. The first kappa shape index (κ1) is 21.5. The number of alkyl halides is 1. The van der Waals surface area contributed by atoms with Crippen LogP contribution >= 0.6 is 30.5 Å². The molecule has 0 radical (unpaired) electrons. The van der Waals surface area contributed by atoms with E-state index in [1.54, 1.807) is 0 Å². The van der Waals surface area contributed by atoms with E-state index in [1.165, 1.54) is 10.6 Å². The van der Waals surface area contributed by atoms with E-state index in [9.17, 15) is 9.59 Å². The monoisotopic (exact) mass is 517 g/mol. The van der Waals surface area contributed by atoms with Gasteiger partial charge in [-0.1, -0.05) is 101 Å². The SMILES string of the molecule is O=C(CI)NCCC(=O)Oc1ccccc1P(c1ccccc1)c1ccccc1. The molecule has 29 heavy (non-hydrogen) atoms. The third-order valence-corrected chi connectivity index (χ3v) is 7.30. The van der Waals surface area contributed by atoms with Crippen molar-refractivity contribution in [2.24, 2.45) is 0 Å². The number of para-hydroxylation sites is 1. The fraction of sp³-hybridized carbons (Fsp3) is 0.130. The van der Waals surface area contributed by atoms with Crippen LogP contribution in [0.2, 0.25) is 0 Å². The second kappa shape index (κ2) is 11.1. The van der Waals surface area contributed by atoms with E-state index < -0.39 is 7.92 Å². The minimum absolute atomic E-state index is 0.0875. The van der Waals surface area contributed by atoms with Gasteiger partial charge in [0.25, 0.3) is 0 Å². The Morgan fingerprint density at radius 2 is 1.38 bits per heavy atom. The van der Waals surface area contributed by atoms with Crippen LogP contribution in [0.15, 0.2) is 84.9 Å². The van der Waals surface area contributed by atoms with Crippen LogP contribution in [0.3, 0.4) is 0 Å². The maximum Gasteiger partial charge on any atom is 0.312 e. The van der Waals surface area contributed by atoms with Crippen LogP contribution in [0.25, 0.3) is 0 Å². The van der Waals surface area contributed by atoms with Gasteiger partial charge in [0, 0.05) is 11.8 Å². The van der Waals surface area contributed by atoms with Gasteiger partial charge in [-0.25, -0.2) is 0 Å². The normalized spacial score (nSPS) is 10.6. The van der Waals surface area contributed by atoms with Crippen molar-refractivity contribution >= 4 is 58.3 Å². The molecule has 0 bridgehead atoms. The molecule has 0 fully saturated rings. The van der Waals surface area contributed by atoms with Crippen LogP contribution in [0.4, 0.5) is 0 Å². The zero-order valence-corrected chi connectivity index (χ0v) is 18.8. The van der Waals surface area contributed by atoms with Gasteiger partial charge in [0.1, 0.15) is 5.75 Å². The Hall–Kier alpha value is -2.24. The third kappa shape index (κ3) is 6.12. The van der Waals surface area contributed by atoms with Crippen LogP contribution in [0.5, 0.6) is 5.75 Å². The second-order valence-electron chi connectivity index (χ2n) is 6.18. The van der Waals surface area contributed by atoms with E-state index in [0.717, 1.165) is 5.30 Å². The molecule has 3 rings (SSSR count). The molecule has 148 valence electrons. The number of hydrogen-bond donors (Lipinski definition) is 1. The van der Waals surface area contributed by atoms with Gasteiger partial charge in [-0.2, -0.15) is 0 Å². The number of rotatable bonds is 8. The van der Waals surface area contributed by atoms with Crippen molar-refractivity contribution in [3.8, 4) is 5.75 Å². The predicted molar refractivity (Wildman–Crippen MR) is 127 cm³/mol. The van der Waals surface area contributed by atoms with E-state index >= 15 is 0 Å². The van der Waals surface area contributed by atoms with Crippen molar-refractivity contribution in [1.82, 2.24) is 5.32 Å². The molecule has 3 aromatic carbocycles. The number of esters is 1. The largest absolute Gasteiger partial charge is 0.426 e. The van der Waals surface area contributed by atoms with E-state index in [1.807, 2.05) is 83.3 Å². The fourth-order valence-corrected chi connectivity index (χ4v) is 5.47. The van der Waals surface area contributed by atoms with Crippen molar-refractivity contribution in [3.63, 3.8) is 0 Å². The molecular weight excluding hydrogens is 496 g/mol. The number of carbonyl (C=O) groups is 2. The zero-order valence-electron chi connectivity index (χ0n) is 15.8. The molecule has 0 heterocycles. The minimum Gasteiger partial charge on any atom is -0.426 e. The lowest BCUT2D eigenvalue weighted by Gasteiger charge is -2.21. The lowest BCUT2D eigenvalue weighted by atomic mass is 10.3. The summed E-state index contributed by atoms with van der Waals surface area (Å²) in [6, 6.07) is 28.2. The first-order valence-corrected chi connectivity index (χ1v) is 12.1. The Labute approximate surface area is 185 Å². The molecule has 0 aliphatic rings. The molecule has 0 saturated heterocycles. The van der Waals surface area contributed by atoms with Crippen LogP contribution in [0.1, 0.15) is 6.42 Å². The topological polar surface area (TPSA) is 55.4 Å².